The van der Waals surface area contributed by atoms with Gasteiger partial charge < -0.3 is 19.5 Å². The molecule has 0 bridgehead atoms. The Bertz CT molecular complexity index is 803. The maximum Gasteiger partial charge on any atom is 0.163 e. The predicted octanol–water partition coefficient (Wildman–Crippen LogP) is 2.87. The highest BCUT2D eigenvalue weighted by atomic mass is 16.5. The molecule has 146 valence electrons. The molecular weight excluding hydrogens is 342 g/mol. The number of ether oxygens (including phenoxy) is 3. The smallest absolute Gasteiger partial charge is 0.163 e. The van der Waals surface area contributed by atoms with Crippen molar-refractivity contribution in [1.29, 1.82) is 0 Å². The summed E-state index contributed by atoms with van der Waals surface area (Å²) in [5, 5.41) is 4.48. The second-order valence-corrected chi connectivity index (χ2v) is 7.19. The van der Waals surface area contributed by atoms with Crippen LogP contribution in [0.3, 0.4) is 0 Å². The zero-order chi connectivity index (χ0) is 18.6. The van der Waals surface area contributed by atoms with Crippen LogP contribution in [0.1, 0.15) is 24.1 Å². The van der Waals surface area contributed by atoms with Gasteiger partial charge in [0.15, 0.2) is 11.5 Å². The fraction of sp³-hybridized carbons (Fsp3) is 0.571. The summed E-state index contributed by atoms with van der Waals surface area (Å²) in [5.41, 5.74) is 4.73. The first-order valence-corrected chi connectivity index (χ1v) is 9.94. The minimum Gasteiger partial charge on any atom is -0.493 e. The van der Waals surface area contributed by atoms with Crippen molar-refractivity contribution in [2.45, 2.75) is 25.7 Å². The van der Waals surface area contributed by atoms with Gasteiger partial charge in [-0.05, 0) is 37.3 Å². The van der Waals surface area contributed by atoms with Gasteiger partial charge >= 0.3 is 0 Å². The molecule has 4 rings (SSSR count). The van der Waals surface area contributed by atoms with E-state index in [1.54, 1.807) is 7.11 Å². The number of aryl methyl sites for hydroxylation is 1. The number of morpholine rings is 1. The molecule has 27 heavy (non-hydrogen) atoms. The average molecular weight is 371 g/mol. The quantitative estimate of drug-likeness (QED) is 0.756. The first-order valence-electron chi connectivity index (χ1n) is 9.94. The maximum atomic E-state index is 6.08. The third-order valence-corrected chi connectivity index (χ3v) is 5.53. The standard InChI is InChI=1S/C21H29N3O3/c1-22-21-15-5-3-6-17(15)23-18-14-20(19(25-2)13-16(18)21)27-10-4-7-24-8-11-26-12-9-24/h13-14H,3-12H2,1-2H3,(H,22,23). The van der Waals surface area contributed by atoms with Crippen LogP contribution in [0.2, 0.25) is 0 Å². The minimum atomic E-state index is 0.670. The molecule has 0 saturated carbocycles. The summed E-state index contributed by atoms with van der Waals surface area (Å²) in [5.74, 6) is 1.55. The fourth-order valence-electron chi connectivity index (χ4n) is 4.12. The van der Waals surface area contributed by atoms with Crippen LogP contribution in [-0.2, 0) is 17.6 Å². The Morgan fingerprint density at radius 1 is 1.19 bits per heavy atom. The van der Waals surface area contributed by atoms with Crippen LogP contribution >= 0.6 is 0 Å². The number of hydrogen-bond acceptors (Lipinski definition) is 6. The Morgan fingerprint density at radius 3 is 2.81 bits per heavy atom. The lowest BCUT2D eigenvalue weighted by atomic mass is 10.1. The van der Waals surface area contributed by atoms with Crippen molar-refractivity contribution in [3.63, 3.8) is 0 Å². The molecule has 6 heteroatoms. The van der Waals surface area contributed by atoms with E-state index >= 15 is 0 Å². The zero-order valence-corrected chi connectivity index (χ0v) is 16.3. The summed E-state index contributed by atoms with van der Waals surface area (Å²) >= 11 is 0. The Hall–Kier alpha value is -2.05. The molecule has 1 aromatic carbocycles. The predicted molar refractivity (Wildman–Crippen MR) is 107 cm³/mol. The topological polar surface area (TPSA) is 55.9 Å². The van der Waals surface area contributed by atoms with E-state index in [4.69, 9.17) is 19.2 Å². The van der Waals surface area contributed by atoms with Gasteiger partial charge in [-0.2, -0.15) is 0 Å². The highest BCUT2D eigenvalue weighted by molar-refractivity contribution is 5.95. The van der Waals surface area contributed by atoms with Gasteiger partial charge in [-0.15, -0.1) is 0 Å². The molecule has 1 aliphatic carbocycles. The number of nitrogens with zero attached hydrogens (tertiary/aromatic N) is 2. The molecule has 1 aliphatic heterocycles. The molecular formula is C21H29N3O3. The Kier molecular flexibility index (Phi) is 5.64. The number of anilines is 1. The molecule has 6 nitrogen and oxygen atoms in total. The fourth-order valence-corrected chi connectivity index (χ4v) is 4.12. The average Bonchev–Trinajstić information content (AvgIpc) is 3.17. The largest absolute Gasteiger partial charge is 0.493 e. The summed E-state index contributed by atoms with van der Waals surface area (Å²) < 4.78 is 17.1. The van der Waals surface area contributed by atoms with Gasteiger partial charge in [0, 0.05) is 49.5 Å². The molecule has 2 aromatic rings. The van der Waals surface area contributed by atoms with Gasteiger partial charge in [-0.25, -0.2) is 0 Å². The minimum absolute atomic E-state index is 0.670. The van der Waals surface area contributed by atoms with Crippen LogP contribution in [0.15, 0.2) is 12.1 Å². The van der Waals surface area contributed by atoms with Crippen LogP contribution in [0.4, 0.5) is 5.69 Å². The van der Waals surface area contributed by atoms with Crippen molar-refractivity contribution in [2.24, 2.45) is 0 Å². The van der Waals surface area contributed by atoms with E-state index in [1.807, 2.05) is 13.1 Å². The van der Waals surface area contributed by atoms with Crippen molar-refractivity contribution in [2.75, 3.05) is 58.9 Å². The number of fused-ring (bicyclic) bond motifs is 2. The van der Waals surface area contributed by atoms with Gasteiger partial charge in [0.1, 0.15) is 0 Å². The normalized spacial score (nSPS) is 17.1. The molecule has 0 atom stereocenters. The Labute approximate surface area is 160 Å². The zero-order valence-electron chi connectivity index (χ0n) is 16.3. The van der Waals surface area contributed by atoms with Crippen molar-refractivity contribution >= 4 is 16.6 Å². The van der Waals surface area contributed by atoms with Crippen LogP contribution in [0.25, 0.3) is 10.9 Å². The maximum absolute atomic E-state index is 6.08. The summed E-state index contributed by atoms with van der Waals surface area (Å²) in [6.07, 6.45) is 4.31. The molecule has 1 N–H and O–H groups in total. The summed E-state index contributed by atoms with van der Waals surface area (Å²) in [6.45, 7) is 5.41. The lowest BCUT2D eigenvalue weighted by Crippen LogP contribution is -2.37. The van der Waals surface area contributed by atoms with Crippen molar-refractivity contribution in [3.8, 4) is 11.5 Å². The van der Waals surface area contributed by atoms with Crippen molar-refractivity contribution < 1.29 is 14.2 Å². The summed E-state index contributed by atoms with van der Waals surface area (Å²) in [4.78, 5) is 7.33. The van der Waals surface area contributed by atoms with Gasteiger partial charge in [-0.3, -0.25) is 9.88 Å². The van der Waals surface area contributed by atoms with E-state index in [9.17, 15) is 0 Å². The van der Waals surface area contributed by atoms with E-state index in [0.29, 0.717) is 6.61 Å². The number of benzene rings is 1. The molecule has 2 aliphatic rings. The third-order valence-electron chi connectivity index (χ3n) is 5.53. The van der Waals surface area contributed by atoms with E-state index in [1.165, 1.54) is 23.4 Å². The molecule has 1 saturated heterocycles. The molecule has 1 fully saturated rings. The molecule has 0 spiro atoms. The number of nitrogens with one attached hydrogen (secondary N) is 1. The van der Waals surface area contributed by atoms with Crippen molar-refractivity contribution in [1.82, 2.24) is 9.88 Å². The molecule has 2 heterocycles. The first-order chi connectivity index (χ1) is 13.3. The van der Waals surface area contributed by atoms with Gasteiger partial charge in [0.05, 0.1) is 32.4 Å². The lowest BCUT2D eigenvalue weighted by molar-refractivity contribution is 0.0357. The van der Waals surface area contributed by atoms with E-state index < -0.39 is 0 Å². The second kappa shape index (κ2) is 8.31. The highest BCUT2D eigenvalue weighted by Gasteiger charge is 2.20. The number of rotatable bonds is 7. The number of aromatic nitrogens is 1. The second-order valence-electron chi connectivity index (χ2n) is 7.19. The third kappa shape index (κ3) is 3.82. The number of methoxy groups -OCH3 is 1. The van der Waals surface area contributed by atoms with Gasteiger partial charge in [0.25, 0.3) is 0 Å². The first kappa shape index (κ1) is 18.3. The number of hydrogen-bond donors (Lipinski definition) is 1. The molecule has 0 amide bonds. The monoisotopic (exact) mass is 371 g/mol. The van der Waals surface area contributed by atoms with Crippen molar-refractivity contribution in [3.05, 3.63) is 23.4 Å². The lowest BCUT2D eigenvalue weighted by Gasteiger charge is -2.26. The van der Waals surface area contributed by atoms with Crippen LogP contribution in [-0.4, -0.2) is 63.5 Å². The SMILES string of the molecule is CNc1c2c(nc3cc(OCCCN4CCOCC4)c(OC)cc13)CCC2. The Balaban J connectivity index is 1.51. The van der Waals surface area contributed by atoms with E-state index in [-0.39, 0.29) is 0 Å². The van der Waals surface area contributed by atoms with E-state index in [2.05, 4.69) is 16.3 Å². The number of pyridine rings is 1. The molecule has 1 aromatic heterocycles. The highest BCUT2D eigenvalue weighted by Crippen LogP contribution is 2.39. The van der Waals surface area contributed by atoms with Gasteiger partial charge in [0.2, 0.25) is 0 Å². The van der Waals surface area contributed by atoms with Crippen LogP contribution < -0.4 is 14.8 Å². The summed E-state index contributed by atoms with van der Waals surface area (Å²) in [6, 6.07) is 4.09. The van der Waals surface area contributed by atoms with Crippen LogP contribution in [0.5, 0.6) is 11.5 Å². The van der Waals surface area contributed by atoms with Gasteiger partial charge in [-0.1, -0.05) is 0 Å². The van der Waals surface area contributed by atoms with E-state index in [0.717, 1.165) is 74.5 Å². The molecule has 0 unspecified atom stereocenters. The Morgan fingerprint density at radius 2 is 2.04 bits per heavy atom. The summed E-state index contributed by atoms with van der Waals surface area (Å²) in [7, 11) is 3.68. The van der Waals surface area contributed by atoms with Crippen LogP contribution in [0, 0.1) is 0 Å². The molecule has 0 radical (unpaired) electrons.